The standard InChI is InChI=1S/C16H24NO7P/c1-5-22-25(20,21)24-14(18)13(11-12-9-7-6-8-10-12)17-15(19)23-16(2,3)4/h6-10,13H,5,11H2,1-4H3,(H,17,19)(H,20,21)/p-1/t13-/m0/s1. The summed E-state index contributed by atoms with van der Waals surface area (Å²) >= 11 is 0. The van der Waals surface area contributed by atoms with Crippen molar-refractivity contribution in [2.75, 3.05) is 6.61 Å². The largest absolute Gasteiger partial charge is 0.595 e. The Morgan fingerprint density at radius 1 is 1.32 bits per heavy atom. The van der Waals surface area contributed by atoms with Gasteiger partial charge in [-0.05, 0) is 12.5 Å². The van der Waals surface area contributed by atoms with Crippen LogP contribution in [0.4, 0.5) is 0 Å². The highest BCUT2D eigenvalue weighted by atomic mass is 31.2. The van der Waals surface area contributed by atoms with E-state index in [0.717, 1.165) is 0 Å². The fraction of sp³-hybridized carbons (Fsp3) is 0.500. The van der Waals surface area contributed by atoms with E-state index in [0.29, 0.717) is 5.56 Å². The lowest BCUT2D eigenvalue weighted by Gasteiger charge is -2.30. The lowest BCUT2D eigenvalue weighted by molar-refractivity contribution is -0.261. The Bertz CT molecular complexity index is 640. The van der Waals surface area contributed by atoms with Crippen molar-refractivity contribution in [2.24, 2.45) is 4.99 Å². The molecule has 0 heterocycles. The minimum Gasteiger partial charge on any atom is -0.595 e. The summed E-state index contributed by atoms with van der Waals surface area (Å²) in [7, 11) is -4.55. The molecule has 140 valence electrons. The fourth-order valence-corrected chi connectivity index (χ4v) is 2.53. The number of hydrogen-bond donors (Lipinski definition) is 1. The van der Waals surface area contributed by atoms with E-state index in [9.17, 15) is 19.4 Å². The normalized spacial score (nSPS) is 16.0. The van der Waals surface area contributed by atoms with Crippen LogP contribution < -0.4 is 5.11 Å². The zero-order valence-corrected chi connectivity index (χ0v) is 15.6. The zero-order valence-electron chi connectivity index (χ0n) is 14.7. The van der Waals surface area contributed by atoms with Crippen LogP contribution in [0.1, 0.15) is 33.3 Å². The van der Waals surface area contributed by atoms with E-state index >= 15 is 0 Å². The van der Waals surface area contributed by atoms with E-state index in [-0.39, 0.29) is 13.0 Å². The number of phosphoric acid groups is 1. The van der Waals surface area contributed by atoms with Crippen molar-refractivity contribution in [3.63, 3.8) is 0 Å². The predicted octanol–water partition coefficient (Wildman–Crippen LogP) is 1.81. The van der Waals surface area contributed by atoms with Gasteiger partial charge in [-0.1, -0.05) is 51.1 Å². The maximum absolute atomic E-state index is 12.2. The smallest absolute Gasteiger partial charge is 0.529 e. The molecule has 0 saturated carbocycles. The molecule has 0 fully saturated rings. The average Bonchev–Trinajstić information content (AvgIpc) is 2.45. The van der Waals surface area contributed by atoms with E-state index in [1.807, 2.05) is 0 Å². The van der Waals surface area contributed by atoms with Gasteiger partial charge in [-0.2, -0.15) is 0 Å². The van der Waals surface area contributed by atoms with Crippen molar-refractivity contribution in [1.82, 2.24) is 0 Å². The minimum absolute atomic E-state index is 0.00500. The Hall–Kier alpha value is -1.89. The molecule has 1 N–H and O–H groups in total. The van der Waals surface area contributed by atoms with Gasteiger partial charge in [0.15, 0.2) is 6.04 Å². The number of carbonyl (C=O) groups excluding carboxylic acids is 1. The molecule has 0 aliphatic rings. The first kappa shape index (κ1) is 21.2. The van der Waals surface area contributed by atoms with Gasteiger partial charge in [0.25, 0.3) is 0 Å². The van der Waals surface area contributed by atoms with Crippen LogP contribution in [0.2, 0.25) is 0 Å². The van der Waals surface area contributed by atoms with Crippen LogP contribution in [0.15, 0.2) is 35.3 Å². The van der Waals surface area contributed by atoms with Gasteiger partial charge in [0.1, 0.15) is 6.08 Å². The van der Waals surface area contributed by atoms with E-state index in [1.165, 1.54) is 6.92 Å². The van der Waals surface area contributed by atoms with E-state index in [2.05, 4.69) is 14.0 Å². The number of rotatable bonds is 7. The minimum atomic E-state index is -4.55. The van der Waals surface area contributed by atoms with Gasteiger partial charge >= 0.3 is 13.8 Å². The maximum atomic E-state index is 12.2. The molecule has 0 spiro atoms. The summed E-state index contributed by atoms with van der Waals surface area (Å²) in [6, 6.07) is 7.42. The highest BCUT2D eigenvalue weighted by Gasteiger charge is 2.30. The SMILES string of the molecule is CCOP(=O)(O)OC(=O)[C@H](Cc1ccccc1)N=C([O-])OC(C)(C)C. The Labute approximate surface area is 147 Å². The molecule has 0 saturated heterocycles. The van der Waals surface area contributed by atoms with E-state index < -0.39 is 31.5 Å². The monoisotopic (exact) mass is 372 g/mol. The number of phosphoric ester groups is 1. The van der Waals surface area contributed by atoms with Crippen molar-refractivity contribution in [3.05, 3.63) is 35.9 Å². The molecule has 2 atom stereocenters. The molecule has 0 aliphatic heterocycles. The molecule has 0 aromatic heterocycles. The average molecular weight is 372 g/mol. The van der Waals surface area contributed by atoms with E-state index in [4.69, 9.17) is 4.74 Å². The highest BCUT2D eigenvalue weighted by molar-refractivity contribution is 7.48. The second kappa shape index (κ2) is 8.99. The Morgan fingerprint density at radius 3 is 2.44 bits per heavy atom. The van der Waals surface area contributed by atoms with Gasteiger partial charge in [-0.3, -0.25) is 14.4 Å². The van der Waals surface area contributed by atoms with Crippen LogP contribution >= 0.6 is 7.82 Å². The Balaban J connectivity index is 3.00. The van der Waals surface area contributed by atoms with Gasteiger partial charge in [0.05, 0.1) is 6.61 Å². The number of ether oxygens (including phenoxy) is 1. The number of carbonyl (C=O) groups is 1. The Morgan fingerprint density at radius 2 is 1.92 bits per heavy atom. The molecule has 1 aromatic carbocycles. The number of benzene rings is 1. The topological polar surface area (TPSA) is 117 Å². The van der Waals surface area contributed by atoms with Gasteiger partial charge in [0, 0.05) is 12.0 Å². The van der Waals surface area contributed by atoms with Crippen LogP contribution in [0.25, 0.3) is 0 Å². The van der Waals surface area contributed by atoms with Crippen molar-refractivity contribution < 1.29 is 33.1 Å². The van der Waals surface area contributed by atoms with Crippen molar-refractivity contribution in [1.29, 1.82) is 0 Å². The molecular weight excluding hydrogens is 349 g/mol. The van der Waals surface area contributed by atoms with Crippen LogP contribution in [-0.4, -0.2) is 35.2 Å². The Kier molecular flexibility index (Phi) is 7.60. The third-order valence-corrected chi connectivity index (χ3v) is 3.69. The summed E-state index contributed by atoms with van der Waals surface area (Å²) in [5, 5.41) is 11.9. The van der Waals surface area contributed by atoms with Gasteiger partial charge in [0.2, 0.25) is 0 Å². The summed E-state index contributed by atoms with van der Waals surface area (Å²) in [5.74, 6) is -1.14. The van der Waals surface area contributed by atoms with Crippen LogP contribution in [0, 0.1) is 0 Å². The molecular formula is C16H23NO7P-. The molecule has 25 heavy (non-hydrogen) atoms. The lowest BCUT2D eigenvalue weighted by atomic mass is 10.1. The van der Waals surface area contributed by atoms with Crippen LogP contribution in [0.3, 0.4) is 0 Å². The second-order valence-corrected chi connectivity index (χ2v) is 7.49. The van der Waals surface area contributed by atoms with Crippen molar-refractivity contribution >= 4 is 19.9 Å². The summed E-state index contributed by atoms with van der Waals surface area (Å²) < 4.78 is 25.7. The molecule has 0 aliphatic carbocycles. The predicted molar refractivity (Wildman–Crippen MR) is 89.8 cm³/mol. The highest BCUT2D eigenvalue weighted by Crippen LogP contribution is 2.43. The number of aliphatic imine (C=N–C) groups is 1. The first-order valence-electron chi connectivity index (χ1n) is 7.71. The summed E-state index contributed by atoms with van der Waals surface area (Å²) in [6.07, 6.45) is -0.958. The number of nitrogens with zero attached hydrogens (tertiary/aromatic N) is 1. The van der Waals surface area contributed by atoms with Gasteiger partial charge in [-0.15, -0.1) is 0 Å². The zero-order chi connectivity index (χ0) is 19.1. The summed E-state index contributed by atoms with van der Waals surface area (Å²) in [6.45, 7) is 6.32. The number of hydrogen-bond acceptors (Lipinski definition) is 7. The van der Waals surface area contributed by atoms with Crippen LogP contribution in [-0.2, 0) is 29.6 Å². The van der Waals surface area contributed by atoms with E-state index in [1.54, 1.807) is 51.1 Å². The van der Waals surface area contributed by atoms with Crippen molar-refractivity contribution in [2.45, 2.75) is 45.8 Å². The summed E-state index contributed by atoms with van der Waals surface area (Å²) in [5.41, 5.74) is -0.0970. The van der Waals surface area contributed by atoms with Gasteiger partial charge in [-0.25, -0.2) is 9.36 Å². The quantitative estimate of drug-likeness (QED) is 0.440. The van der Waals surface area contributed by atoms with Gasteiger partial charge < -0.3 is 14.4 Å². The molecule has 9 heteroatoms. The third-order valence-electron chi connectivity index (χ3n) is 2.70. The third kappa shape index (κ3) is 8.67. The molecule has 0 radical (unpaired) electrons. The molecule has 1 aromatic rings. The van der Waals surface area contributed by atoms with Crippen LogP contribution in [0.5, 0.6) is 0 Å². The first-order chi connectivity index (χ1) is 11.5. The maximum Gasteiger partial charge on any atom is 0.529 e. The molecule has 8 nitrogen and oxygen atoms in total. The molecule has 0 amide bonds. The molecule has 1 rings (SSSR count). The lowest BCUT2D eigenvalue weighted by Crippen LogP contribution is -2.35. The summed E-state index contributed by atoms with van der Waals surface area (Å²) in [4.78, 5) is 25.3. The molecule has 0 bridgehead atoms. The first-order valence-corrected chi connectivity index (χ1v) is 9.20. The molecule has 1 unspecified atom stereocenters. The fourth-order valence-electron chi connectivity index (χ4n) is 1.80. The second-order valence-electron chi connectivity index (χ2n) is 6.11. The van der Waals surface area contributed by atoms with Crippen molar-refractivity contribution in [3.8, 4) is 0 Å².